The fourth-order valence-corrected chi connectivity index (χ4v) is 4.72. The van der Waals surface area contributed by atoms with Crippen molar-refractivity contribution in [1.29, 1.82) is 0 Å². The van der Waals surface area contributed by atoms with Crippen molar-refractivity contribution in [3.63, 3.8) is 0 Å². The lowest BCUT2D eigenvalue weighted by Gasteiger charge is -2.36. The van der Waals surface area contributed by atoms with Crippen LogP contribution in [0.4, 0.5) is 0 Å². The van der Waals surface area contributed by atoms with Gasteiger partial charge in [-0.1, -0.05) is 35.9 Å². The number of carbonyl (C=O) groups is 1. The van der Waals surface area contributed by atoms with Crippen molar-refractivity contribution in [3.8, 4) is 0 Å². The summed E-state index contributed by atoms with van der Waals surface area (Å²) in [6.07, 6.45) is 0. The molecule has 1 saturated heterocycles. The van der Waals surface area contributed by atoms with Gasteiger partial charge in [0.25, 0.3) is 0 Å². The van der Waals surface area contributed by atoms with Crippen molar-refractivity contribution in [2.24, 2.45) is 0 Å². The van der Waals surface area contributed by atoms with Gasteiger partial charge in [0.1, 0.15) is 0 Å². The molecule has 0 bridgehead atoms. The standard InChI is InChI=1S/C21H26ClN3O3S/c1-16-5-3-4-6-18(16)15-24-11-13-25(14-12-24)21(26)17(2)23-29(27,28)20-9-7-19(22)8-10-20/h3-10,17,23H,11-15H2,1-2H3/t17-/m0/s1. The number of benzene rings is 2. The molecular weight excluding hydrogens is 410 g/mol. The molecule has 156 valence electrons. The second kappa shape index (κ2) is 9.26. The number of hydrogen-bond donors (Lipinski definition) is 1. The first kappa shape index (κ1) is 21.8. The van der Waals surface area contributed by atoms with Gasteiger partial charge >= 0.3 is 0 Å². The third-order valence-corrected chi connectivity index (χ3v) is 6.97. The first-order valence-electron chi connectivity index (χ1n) is 9.60. The largest absolute Gasteiger partial charge is 0.339 e. The maximum atomic E-state index is 12.7. The molecule has 1 aliphatic rings. The van der Waals surface area contributed by atoms with Gasteiger partial charge in [0, 0.05) is 37.7 Å². The topological polar surface area (TPSA) is 69.7 Å². The molecule has 1 fully saturated rings. The molecular formula is C21H26ClN3O3S. The van der Waals surface area contributed by atoms with Crippen LogP contribution in [-0.4, -0.2) is 56.3 Å². The Labute approximate surface area is 177 Å². The molecule has 1 atom stereocenters. The normalized spacial score (nSPS) is 16.6. The second-order valence-electron chi connectivity index (χ2n) is 7.32. The molecule has 0 saturated carbocycles. The SMILES string of the molecule is Cc1ccccc1CN1CCN(C(=O)[C@H](C)NS(=O)(=O)c2ccc(Cl)cc2)CC1. The number of carbonyl (C=O) groups excluding carboxylic acids is 1. The van der Waals surface area contributed by atoms with Gasteiger partial charge in [0.2, 0.25) is 15.9 Å². The minimum absolute atomic E-state index is 0.0876. The second-order valence-corrected chi connectivity index (χ2v) is 9.48. The predicted octanol–water partition coefficient (Wildman–Crippen LogP) is 2.66. The number of halogens is 1. The fraction of sp³-hybridized carbons (Fsp3) is 0.381. The summed E-state index contributed by atoms with van der Waals surface area (Å²) in [5.41, 5.74) is 2.55. The van der Waals surface area contributed by atoms with Gasteiger partial charge in [0.05, 0.1) is 10.9 Å². The van der Waals surface area contributed by atoms with E-state index in [0.29, 0.717) is 18.1 Å². The number of nitrogens with one attached hydrogen (secondary N) is 1. The molecule has 6 nitrogen and oxygen atoms in total. The van der Waals surface area contributed by atoms with Crippen LogP contribution in [0.1, 0.15) is 18.1 Å². The van der Waals surface area contributed by atoms with Crippen LogP contribution in [0.3, 0.4) is 0 Å². The van der Waals surface area contributed by atoms with E-state index in [9.17, 15) is 13.2 Å². The van der Waals surface area contributed by atoms with E-state index in [-0.39, 0.29) is 10.8 Å². The van der Waals surface area contributed by atoms with E-state index in [2.05, 4.69) is 28.7 Å². The monoisotopic (exact) mass is 435 g/mol. The lowest BCUT2D eigenvalue weighted by atomic mass is 10.1. The van der Waals surface area contributed by atoms with E-state index in [1.807, 2.05) is 12.1 Å². The Kier molecular flexibility index (Phi) is 6.95. The van der Waals surface area contributed by atoms with Crippen LogP contribution in [-0.2, 0) is 21.4 Å². The van der Waals surface area contributed by atoms with Crippen molar-refractivity contribution in [3.05, 3.63) is 64.7 Å². The van der Waals surface area contributed by atoms with E-state index in [0.717, 1.165) is 19.6 Å². The van der Waals surface area contributed by atoms with Crippen molar-refractivity contribution in [1.82, 2.24) is 14.5 Å². The van der Waals surface area contributed by atoms with Gasteiger partial charge in [-0.2, -0.15) is 4.72 Å². The molecule has 0 spiro atoms. The molecule has 0 aromatic heterocycles. The van der Waals surface area contributed by atoms with E-state index in [1.165, 1.54) is 35.4 Å². The average Bonchev–Trinajstić information content (AvgIpc) is 2.70. The maximum Gasteiger partial charge on any atom is 0.241 e. The number of hydrogen-bond acceptors (Lipinski definition) is 4. The number of sulfonamides is 1. The lowest BCUT2D eigenvalue weighted by Crippen LogP contribution is -2.53. The Balaban J connectivity index is 1.54. The van der Waals surface area contributed by atoms with Crippen molar-refractivity contribution >= 4 is 27.5 Å². The molecule has 0 unspecified atom stereocenters. The Morgan fingerprint density at radius 3 is 2.31 bits per heavy atom. The number of aryl methyl sites for hydroxylation is 1. The molecule has 29 heavy (non-hydrogen) atoms. The summed E-state index contributed by atoms with van der Waals surface area (Å²) in [6, 6.07) is 13.3. The first-order chi connectivity index (χ1) is 13.8. The first-order valence-corrected chi connectivity index (χ1v) is 11.5. The molecule has 1 N–H and O–H groups in total. The summed E-state index contributed by atoms with van der Waals surface area (Å²) in [5, 5.41) is 0.455. The molecule has 1 amide bonds. The van der Waals surface area contributed by atoms with E-state index < -0.39 is 16.1 Å². The van der Waals surface area contributed by atoms with Gasteiger partial charge in [-0.15, -0.1) is 0 Å². The highest BCUT2D eigenvalue weighted by Crippen LogP contribution is 2.16. The number of rotatable bonds is 6. The molecule has 3 rings (SSSR count). The van der Waals surface area contributed by atoms with Crippen molar-refractivity contribution in [2.45, 2.75) is 31.3 Å². The average molecular weight is 436 g/mol. The Bertz CT molecular complexity index is 955. The minimum Gasteiger partial charge on any atom is -0.339 e. The Hall–Kier alpha value is -1.93. The summed E-state index contributed by atoms with van der Waals surface area (Å²) in [6.45, 7) is 7.22. The van der Waals surface area contributed by atoms with Crippen LogP contribution in [0, 0.1) is 6.92 Å². The summed E-state index contributed by atoms with van der Waals surface area (Å²) >= 11 is 5.81. The Morgan fingerprint density at radius 2 is 1.69 bits per heavy atom. The maximum absolute atomic E-state index is 12.7. The summed E-state index contributed by atoms with van der Waals surface area (Å²) in [4.78, 5) is 16.9. The highest BCUT2D eigenvalue weighted by molar-refractivity contribution is 7.89. The van der Waals surface area contributed by atoms with Crippen LogP contribution >= 0.6 is 11.6 Å². The minimum atomic E-state index is -3.78. The van der Waals surface area contributed by atoms with Crippen molar-refractivity contribution < 1.29 is 13.2 Å². The highest BCUT2D eigenvalue weighted by Gasteiger charge is 2.28. The summed E-state index contributed by atoms with van der Waals surface area (Å²) in [5.74, 6) is -0.210. The van der Waals surface area contributed by atoms with Gasteiger partial charge in [-0.3, -0.25) is 9.69 Å². The fourth-order valence-electron chi connectivity index (χ4n) is 3.39. The zero-order chi connectivity index (χ0) is 21.0. The molecule has 2 aromatic carbocycles. The summed E-state index contributed by atoms with van der Waals surface area (Å²) in [7, 11) is -3.78. The van der Waals surface area contributed by atoms with E-state index in [1.54, 1.807) is 11.8 Å². The van der Waals surface area contributed by atoms with Crippen molar-refractivity contribution in [2.75, 3.05) is 26.2 Å². The molecule has 1 aliphatic heterocycles. The van der Waals surface area contributed by atoms with Crippen LogP contribution in [0.5, 0.6) is 0 Å². The lowest BCUT2D eigenvalue weighted by molar-refractivity contribution is -0.134. The van der Waals surface area contributed by atoms with Crippen LogP contribution in [0.2, 0.25) is 5.02 Å². The smallest absolute Gasteiger partial charge is 0.241 e. The molecule has 2 aromatic rings. The van der Waals surface area contributed by atoms with Gasteiger partial charge in [-0.05, 0) is 49.2 Å². The third-order valence-electron chi connectivity index (χ3n) is 5.17. The van der Waals surface area contributed by atoms with E-state index in [4.69, 9.17) is 11.6 Å². The zero-order valence-corrected chi connectivity index (χ0v) is 18.2. The molecule has 0 aliphatic carbocycles. The molecule has 0 radical (unpaired) electrons. The summed E-state index contributed by atoms with van der Waals surface area (Å²) < 4.78 is 27.5. The molecule has 1 heterocycles. The highest BCUT2D eigenvalue weighted by atomic mass is 35.5. The van der Waals surface area contributed by atoms with Gasteiger partial charge < -0.3 is 4.90 Å². The van der Waals surface area contributed by atoms with E-state index >= 15 is 0 Å². The zero-order valence-electron chi connectivity index (χ0n) is 16.6. The predicted molar refractivity (Wildman–Crippen MR) is 114 cm³/mol. The van der Waals surface area contributed by atoms with Crippen LogP contribution < -0.4 is 4.72 Å². The quantitative estimate of drug-likeness (QED) is 0.757. The van der Waals surface area contributed by atoms with Crippen LogP contribution in [0.15, 0.2) is 53.4 Å². The van der Waals surface area contributed by atoms with Gasteiger partial charge in [-0.25, -0.2) is 8.42 Å². The van der Waals surface area contributed by atoms with Crippen LogP contribution in [0.25, 0.3) is 0 Å². The number of nitrogens with zero attached hydrogens (tertiary/aromatic N) is 2. The number of piperazine rings is 1. The number of amides is 1. The third kappa shape index (κ3) is 5.57. The Morgan fingerprint density at radius 1 is 1.07 bits per heavy atom. The molecule has 8 heteroatoms. The van der Waals surface area contributed by atoms with Gasteiger partial charge in [0.15, 0.2) is 0 Å².